The number of unbranched alkanes of at least 4 members (excludes halogenated alkanes) is 5. The fourth-order valence-electron chi connectivity index (χ4n) is 2.77. The van der Waals surface area contributed by atoms with Crippen molar-refractivity contribution in [2.45, 2.75) is 57.2 Å². The van der Waals surface area contributed by atoms with Crippen molar-refractivity contribution in [3.63, 3.8) is 0 Å². The number of ether oxygens (including phenoxy) is 1. The lowest BCUT2D eigenvalue weighted by Gasteiger charge is -2.20. The Bertz CT molecular complexity index is 562. The van der Waals surface area contributed by atoms with Crippen molar-refractivity contribution in [2.75, 3.05) is 6.61 Å². The molecule has 1 aliphatic rings. The van der Waals surface area contributed by atoms with Crippen LogP contribution in [-0.4, -0.2) is 17.6 Å². The average molecular weight is 336 g/mol. The molecular weight excluding hydrogens is 310 g/mol. The van der Waals surface area contributed by atoms with Crippen molar-refractivity contribution >= 4 is 0 Å². The molecule has 0 bridgehead atoms. The molecule has 4 heteroatoms. The lowest BCUT2D eigenvalue weighted by molar-refractivity contribution is 0.00256. The fraction of sp³-hybridized carbons (Fsp3) is 0.500. The molecule has 0 aromatic heterocycles. The third-order valence-corrected chi connectivity index (χ3v) is 4.17. The largest absolute Gasteiger partial charge is 0.494 e. The molecule has 0 amide bonds. The Morgan fingerprint density at radius 3 is 2.42 bits per heavy atom. The number of benzene rings is 1. The van der Waals surface area contributed by atoms with E-state index in [1.54, 1.807) is 24.3 Å². The van der Waals surface area contributed by atoms with Gasteiger partial charge in [0, 0.05) is 6.08 Å². The zero-order valence-electron chi connectivity index (χ0n) is 14.2. The topological polar surface area (TPSA) is 29.5 Å². The van der Waals surface area contributed by atoms with E-state index in [1.165, 1.54) is 38.2 Å². The molecule has 1 aliphatic carbocycles. The lowest BCUT2D eigenvalue weighted by atomic mass is 9.92. The highest BCUT2D eigenvalue weighted by Gasteiger charge is 2.28. The van der Waals surface area contributed by atoms with Crippen molar-refractivity contribution in [1.29, 1.82) is 0 Å². The molecule has 1 N–H and O–H groups in total. The Balaban J connectivity index is 1.78. The summed E-state index contributed by atoms with van der Waals surface area (Å²) in [6.45, 7) is 2.88. The second kappa shape index (κ2) is 8.97. The average Bonchev–Trinajstić information content (AvgIpc) is 2.54. The van der Waals surface area contributed by atoms with Crippen LogP contribution in [0, 0.1) is 0 Å². The number of halogens is 2. The number of allylic oxidation sites excluding steroid dienone is 2. The first-order chi connectivity index (χ1) is 11.5. The van der Waals surface area contributed by atoms with Crippen molar-refractivity contribution < 1.29 is 18.6 Å². The van der Waals surface area contributed by atoms with Gasteiger partial charge in [-0.25, -0.2) is 8.78 Å². The second-order valence-corrected chi connectivity index (χ2v) is 6.28. The molecule has 2 atom stereocenters. The maximum Gasteiger partial charge on any atom is 0.248 e. The first kappa shape index (κ1) is 18.7. The number of rotatable bonds is 9. The smallest absolute Gasteiger partial charge is 0.248 e. The van der Waals surface area contributed by atoms with Crippen LogP contribution in [0.4, 0.5) is 8.78 Å². The third-order valence-electron chi connectivity index (χ3n) is 4.17. The maximum absolute atomic E-state index is 13.9. The van der Waals surface area contributed by atoms with Gasteiger partial charge < -0.3 is 9.84 Å². The van der Waals surface area contributed by atoms with Gasteiger partial charge in [0.1, 0.15) is 11.6 Å². The van der Waals surface area contributed by atoms with E-state index in [0.717, 1.165) is 18.2 Å². The second-order valence-electron chi connectivity index (χ2n) is 6.28. The van der Waals surface area contributed by atoms with Gasteiger partial charge in [-0.15, -0.1) is 0 Å². The highest BCUT2D eigenvalue weighted by Crippen LogP contribution is 2.34. The fourth-order valence-corrected chi connectivity index (χ4v) is 2.77. The quantitative estimate of drug-likeness (QED) is 0.470. The normalized spacial score (nSPS) is 23.2. The molecule has 0 radical (unpaired) electrons. The van der Waals surface area contributed by atoms with E-state index in [0.29, 0.717) is 18.2 Å². The molecule has 2 rings (SSSR count). The summed E-state index contributed by atoms with van der Waals surface area (Å²) in [4.78, 5) is 0. The summed E-state index contributed by atoms with van der Waals surface area (Å²) < 4.78 is 32.9. The van der Waals surface area contributed by atoms with Crippen LogP contribution in [-0.2, 0) is 0 Å². The van der Waals surface area contributed by atoms with Gasteiger partial charge in [0.2, 0.25) is 5.85 Å². The van der Waals surface area contributed by atoms with E-state index in [9.17, 15) is 8.78 Å². The van der Waals surface area contributed by atoms with Gasteiger partial charge in [-0.3, -0.25) is 0 Å². The van der Waals surface area contributed by atoms with Crippen LogP contribution >= 0.6 is 0 Å². The van der Waals surface area contributed by atoms with Crippen molar-refractivity contribution in [3.8, 4) is 5.75 Å². The summed E-state index contributed by atoms with van der Waals surface area (Å²) in [5.74, 6) is -3.30. The van der Waals surface area contributed by atoms with Crippen LogP contribution in [0.1, 0.15) is 56.9 Å². The molecule has 2 nitrogen and oxygen atoms in total. The van der Waals surface area contributed by atoms with Gasteiger partial charge in [0.15, 0.2) is 0 Å². The van der Waals surface area contributed by atoms with Crippen LogP contribution in [0.25, 0.3) is 0 Å². The number of aliphatic hydroxyl groups is 1. The highest BCUT2D eigenvalue weighted by molar-refractivity contribution is 5.39. The summed E-state index contributed by atoms with van der Waals surface area (Å²) in [6.07, 6.45) is 10.2. The minimum Gasteiger partial charge on any atom is -0.494 e. The summed E-state index contributed by atoms with van der Waals surface area (Å²) >= 11 is 0. The molecule has 24 heavy (non-hydrogen) atoms. The van der Waals surface area contributed by atoms with Gasteiger partial charge >= 0.3 is 0 Å². The first-order valence-corrected chi connectivity index (χ1v) is 8.73. The summed E-state index contributed by atoms with van der Waals surface area (Å²) in [5.41, 5.74) is 0.697. The van der Waals surface area contributed by atoms with E-state index in [-0.39, 0.29) is 0 Å². The number of hydrogen-bond acceptors (Lipinski definition) is 2. The Kier molecular flexibility index (Phi) is 6.98. The monoisotopic (exact) mass is 336 g/mol. The van der Waals surface area contributed by atoms with Crippen molar-refractivity contribution in [2.24, 2.45) is 0 Å². The van der Waals surface area contributed by atoms with E-state index in [2.05, 4.69) is 6.92 Å². The summed E-state index contributed by atoms with van der Waals surface area (Å²) in [5, 5.41) is 9.15. The van der Waals surface area contributed by atoms with Crippen LogP contribution in [0.3, 0.4) is 0 Å². The van der Waals surface area contributed by atoms with Crippen LogP contribution in [0.2, 0.25) is 0 Å². The van der Waals surface area contributed by atoms with E-state index in [4.69, 9.17) is 9.84 Å². The van der Waals surface area contributed by atoms with Crippen LogP contribution < -0.4 is 4.74 Å². The molecule has 1 aromatic carbocycles. The number of alkyl halides is 1. The van der Waals surface area contributed by atoms with Gasteiger partial charge in [-0.1, -0.05) is 57.2 Å². The molecule has 132 valence electrons. The Morgan fingerprint density at radius 2 is 1.75 bits per heavy atom. The van der Waals surface area contributed by atoms with E-state index in [1.807, 2.05) is 0 Å². The molecule has 0 saturated heterocycles. The summed E-state index contributed by atoms with van der Waals surface area (Å²) in [7, 11) is 0. The predicted octanol–water partition coefficient (Wildman–Crippen LogP) is 5.59. The van der Waals surface area contributed by atoms with E-state index >= 15 is 0 Å². The minimum atomic E-state index is -2.69. The third kappa shape index (κ3) is 5.75. The zero-order chi connectivity index (χ0) is 17.4. The highest BCUT2D eigenvalue weighted by atomic mass is 19.2. The molecule has 0 aliphatic heterocycles. The summed E-state index contributed by atoms with van der Waals surface area (Å²) in [6, 6.07) is 7.12. The number of hydrogen-bond donors (Lipinski definition) is 1. The van der Waals surface area contributed by atoms with Gasteiger partial charge in [-0.05, 0) is 30.2 Å². The molecule has 0 fully saturated rings. The Labute approximate surface area is 142 Å². The Morgan fingerprint density at radius 1 is 1.08 bits per heavy atom. The minimum absolute atomic E-state index is 0.598. The van der Waals surface area contributed by atoms with Crippen molar-refractivity contribution in [3.05, 3.63) is 53.9 Å². The molecule has 0 spiro atoms. The predicted molar refractivity (Wildman–Crippen MR) is 92.4 cm³/mol. The van der Waals surface area contributed by atoms with Crippen LogP contribution in [0.5, 0.6) is 5.75 Å². The molecule has 2 unspecified atom stereocenters. The molecule has 0 saturated carbocycles. The van der Waals surface area contributed by atoms with Gasteiger partial charge in [0.25, 0.3) is 0 Å². The lowest BCUT2D eigenvalue weighted by Crippen LogP contribution is -2.20. The maximum atomic E-state index is 13.9. The van der Waals surface area contributed by atoms with E-state index < -0.39 is 17.6 Å². The molecule has 0 heterocycles. The van der Waals surface area contributed by atoms with Crippen molar-refractivity contribution in [1.82, 2.24) is 0 Å². The van der Waals surface area contributed by atoms with Crippen LogP contribution in [0.15, 0.2) is 48.3 Å². The standard InChI is InChI=1S/C20H26F2O2/c1-2-3-4-5-6-7-14-24-17-10-8-16(9-11-17)18-12-13-20(22,23)15-19(18)21/h8-13,15,18,23H,2-7,14H2,1H3. The van der Waals surface area contributed by atoms with Gasteiger partial charge in [0.05, 0.1) is 12.5 Å². The van der Waals surface area contributed by atoms with Gasteiger partial charge in [-0.2, -0.15) is 0 Å². The zero-order valence-corrected chi connectivity index (χ0v) is 14.2. The molecule has 1 aromatic rings. The first-order valence-electron chi connectivity index (χ1n) is 8.73. The Hall–Kier alpha value is -1.68. The molecular formula is C20H26F2O2. The SMILES string of the molecule is CCCCCCCCOc1ccc(C2C=CC(O)(F)C=C2F)cc1.